The average Bonchev–Trinajstić information content (AvgIpc) is 3.82. The van der Waals surface area contributed by atoms with E-state index in [4.69, 9.17) is 4.74 Å². The van der Waals surface area contributed by atoms with Gasteiger partial charge >= 0.3 is 0 Å². The van der Waals surface area contributed by atoms with E-state index in [1.807, 2.05) is 65.7 Å². The summed E-state index contributed by atoms with van der Waals surface area (Å²) in [6.07, 6.45) is 3.45. The largest absolute Gasteiger partial charge is 0.473 e. The van der Waals surface area contributed by atoms with Gasteiger partial charge in [-0.15, -0.1) is 11.3 Å². The van der Waals surface area contributed by atoms with Crippen LogP contribution in [0.1, 0.15) is 62.3 Å². The molecule has 2 amide bonds. The van der Waals surface area contributed by atoms with Crippen molar-refractivity contribution < 1.29 is 19.4 Å². The first-order chi connectivity index (χ1) is 21.4. The van der Waals surface area contributed by atoms with Crippen LogP contribution in [0, 0.1) is 6.92 Å². The SMILES string of the molecule is Cc1csc([C@H]2CCCN2C(=O)c2cccc(C(=O)N[C@@H](Cc3ccccc3)[C@@H](O)[C@H]3C[C@@H](Oc4ccccn4)CN3)c2)n1. The van der Waals surface area contributed by atoms with Gasteiger partial charge in [0.15, 0.2) is 0 Å². The van der Waals surface area contributed by atoms with Crippen LogP contribution in [0.5, 0.6) is 5.88 Å². The Labute approximate surface area is 261 Å². The molecule has 9 nitrogen and oxygen atoms in total. The van der Waals surface area contributed by atoms with Crippen molar-refractivity contribution in [3.05, 3.63) is 112 Å². The number of ether oxygens (including phenoxy) is 1. The zero-order valence-corrected chi connectivity index (χ0v) is 25.5. The number of nitrogens with zero attached hydrogens (tertiary/aromatic N) is 3. The summed E-state index contributed by atoms with van der Waals surface area (Å²) in [5, 5.41) is 21.0. The van der Waals surface area contributed by atoms with Gasteiger partial charge in [-0.1, -0.05) is 42.5 Å². The molecule has 0 saturated carbocycles. The normalized spacial score (nSPS) is 21.1. The number of aliphatic hydroxyl groups excluding tert-OH is 1. The molecular formula is C34H37N5O4S. The quantitative estimate of drug-likeness (QED) is 0.244. The van der Waals surface area contributed by atoms with E-state index in [2.05, 4.69) is 20.6 Å². The van der Waals surface area contributed by atoms with E-state index in [1.165, 1.54) is 0 Å². The van der Waals surface area contributed by atoms with Crippen LogP contribution in [0.3, 0.4) is 0 Å². The zero-order chi connectivity index (χ0) is 30.5. The number of pyridine rings is 1. The molecule has 5 atom stereocenters. The minimum Gasteiger partial charge on any atom is -0.473 e. The summed E-state index contributed by atoms with van der Waals surface area (Å²) in [4.78, 5) is 38.0. The predicted octanol–water partition coefficient (Wildman–Crippen LogP) is 4.34. The fourth-order valence-electron chi connectivity index (χ4n) is 6.08. The first-order valence-corrected chi connectivity index (χ1v) is 16.0. The molecule has 2 aromatic carbocycles. The van der Waals surface area contributed by atoms with Crippen LogP contribution in [0.2, 0.25) is 0 Å². The Morgan fingerprint density at radius 2 is 1.93 bits per heavy atom. The third-order valence-corrected chi connectivity index (χ3v) is 9.36. The lowest BCUT2D eigenvalue weighted by molar-refractivity contribution is 0.0719. The maximum Gasteiger partial charge on any atom is 0.254 e. The number of thiazole rings is 1. The van der Waals surface area contributed by atoms with Crippen LogP contribution in [0.25, 0.3) is 0 Å². The molecule has 4 aromatic rings. The smallest absolute Gasteiger partial charge is 0.254 e. The van der Waals surface area contributed by atoms with Crippen molar-refractivity contribution in [3.63, 3.8) is 0 Å². The molecule has 0 radical (unpaired) electrons. The first-order valence-electron chi connectivity index (χ1n) is 15.1. The highest BCUT2D eigenvalue weighted by atomic mass is 32.1. The Bertz CT molecular complexity index is 1570. The molecule has 0 aliphatic carbocycles. The molecule has 0 bridgehead atoms. The van der Waals surface area contributed by atoms with Gasteiger partial charge in [0.05, 0.1) is 18.2 Å². The number of carbonyl (C=O) groups excluding carboxylic acids is 2. The van der Waals surface area contributed by atoms with Crippen LogP contribution in [0.15, 0.2) is 84.4 Å². The van der Waals surface area contributed by atoms with Crippen molar-refractivity contribution in [3.8, 4) is 5.88 Å². The molecule has 2 aliphatic heterocycles. The molecule has 0 unspecified atom stereocenters. The van der Waals surface area contributed by atoms with Crippen molar-refractivity contribution >= 4 is 23.2 Å². The van der Waals surface area contributed by atoms with Crippen molar-refractivity contribution in [2.45, 2.75) is 62.9 Å². The zero-order valence-electron chi connectivity index (χ0n) is 24.6. The highest BCUT2D eigenvalue weighted by molar-refractivity contribution is 7.09. The molecule has 3 N–H and O–H groups in total. The number of nitrogens with one attached hydrogen (secondary N) is 2. The summed E-state index contributed by atoms with van der Waals surface area (Å²) >= 11 is 1.58. The second-order valence-corrected chi connectivity index (χ2v) is 12.4. The molecule has 228 valence electrons. The lowest BCUT2D eigenvalue weighted by atomic mass is 9.94. The highest BCUT2D eigenvalue weighted by Crippen LogP contribution is 2.35. The molecule has 2 aromatic heterocycles. The van der Waals surface area contributed by atoms with E-state index in [0.717, 1.165) is 29.1 Å². The number of aromatic nitrogens is 2. The number of aliphatic hydroxyl groups is 1. The number of aryl methyl sites for hydroxylation is 1. The van der Waals surface area contributed by atoms with E-state index in [9.17, 15) is 14.7 Å². The van der Waals surface area contributed by atoms with Gasteiger partial charge in [-0.2, -0.15) is 0 Å². The summed E-state index contributed by atoms with van der Waals surface area (Å²) in [6.45, 7) is 3.18. The van der Waals surface area contributed by atoms with Crippen LogP contribution < -0.4 is 15.4 Å². The second-order valence-electron chi connectivity index (χ2n) is 11.5. The number of likely N-dealkylation sites (tertiary alicyclic amines) is 1. The van der Waals surface area contributed by atoms with E-state index >= 15 is 0 Å². The van der Waals surface area contributed by atoms with E-state index in [1.54, 1.807) is 41.8 Å². The second kappa shape index (κ2) is 13.7. The van der Waals surface area contributed by atoms with E-state index in [0.29, 0.717) is 42.9 Å². The number of hydrogen-bond acceptors (Lipinski definition) is 8. The van der Waals surface area contributed by atoms with Gasteiger partial charge in [-0.25, -0.2) is 9.97 Å². The third-order valence-electron chi connectivity index (χ3n) is 8.30. The maximum atomic E-state index is 13.6. The van der Waals surface area contributed by atoms with Gasteiger partial charge in [-0.05, 0) is 56.0 Å². The van der Waals surface area contributed by atoms with Crippen LogP contribution in [-0.4, -0.2) is 69.2 Å². The van der Waals surface area contributed by atoms with Gasteiger partial charge in [0.1, 0.15) is 11.1 Å². The Morgan fingerprint density at radius 3 is 2.70 bits per heavy atom. The lowest BCUT2D eigenvalue weighted by Crippen LogP contribution is -2.52. The topological polar surface area (TPSA) is 117 Å². The Morgan fingerprint density at radius 1 is 1.11 bits per heavy atom. The molecule has 44 heavy (non-hydrogen) atoms. The highest BCUT2D eigenvalue weighted by Gasteiger charge is 2.36. The van der Waals surface area contributed by atoms with E-state index in [-0.39, 0.29) is 30.0 Å². The van der Waals surface area contributed by atoms with Crippen LogP contribution in [0.4, 0.5) is 0 Å². The first kappa shape index (κ1) is 29.9. The third kappa shape index (κ3) is 6.99. The molecule has 6 rings (SSSR count). The van der Waals surface area contributed by atoms with Crippen molar-refractivity contribution in [2.75, 3.05) is 13.1 Å². The standard InChI is InChI=1S/C34H37N5O4S/c1-22-21-44-33(37-22)29-13-8-16-39(29)34(42)25-12-7-11-24(18-25)32(41)38-28(17-23-9-3-2-4-10-23)31(40)27-19-26(20-36-27)43-30-14-5-6-15-35-30/h2-7,9-12,14-15,18,21,26-29,31,36,40H,8,13,16-17,19-20H2,1H3,(H,38,41)/t26-,27-,28+,29-,31+/m1/s1. The summed E-state index contributed by atoms with van der Waals surface area (Å²) < 4.78 is 6.01. The number of benzene rings is 2. The van der Waals surface area contributed by atoms with Crippen molar-refractivity contribution in [1.29, 1.82) is 0 Å². The van der Waals surface area contributed by atoms with Crippen LogP contribution >= 0.6 is 11.3 Å². The lowest BCUT2D eigenvalue weighted by Gasteiger charge is -2.29. The summed E-state index contributed by atoms with van der Waals surface area (Å²) in [7, 11) is 0. The minimum absolute atomic E-state index is 0.0477. The van der Waals surface area contributed by atoms with Crippen molar-refractivity contribution in [1.82, 2.24) is 25.5 Å². The van der Waals surface area contributed by atoms with Gasteiger partial charge in [-0.3, -0.25) is 9.59 Å². The molecule has 0 spiro atoms. The van der Waals surface area contributed by atoms with Gasteiger partial charge < -0.3 is 25.4 Å². The summed E-state index contributed by atoms with van der Waals surface area (Å²) in [6, 6.07) is 21.2. The Kier molecular flexibility index (Phi) is 9.30. The Balaban J connectivity index is 1.16. The monoisotopic (exact) mass is 611 g/mol. The molecule has 2 saturated heterocycles. The number of carbonyl (C=O) groups is 2. The van der Waals surface area contributed by atoms with E-state index < -0.39 is 12.1 Å². The van der Waals surface area contributed by atoms with Gasteiger partial charge in [0, 0.05) is 60.0 Å². The number of rotatable bonds is 10. The fourth-order valence-corrected chi connectivity index (χ4v) is 7.02. The van der Waals surface area contributed by atoms with Gasteiger partial charge in [0.2, 0.25) is 5.88 Å². The van der Waals surface area contributed by atoms with Crippen molar-refractivity contribution in [2.24, 2.45) is 0 Å². The molecule has 2 fully saturated rings. The number of amides is 2. The average molecular weight is 612 g/mol. The predicted molar refractivity (Wildman–Crippen MR) is 169 cm³/mol. The summed E-state index contributed by atoms with van der Waals surface area (Å²) in [5.41, 5.74) is 2.79. The fraction of sp³-hybridized carbons (Fsp3) is 0.353. The van der Waals surface area contributed by atoms with Gasteiger partial charge in [0.25, 0.3) is 11.8 Å². The molecular weight excluding hydrogens is 574 g/mol. The number of hydrogen-bond donors (Lipinski definition) is 3. The summed E-state index contributed by atoms with van der Waals surface area (Å²) in [5.74, 6) is 0.0948. The molecule has 4 heterocycles. The minimum atomic E-state index is -0.881. The molecule has 10 heteroatoms. The molecule has 2 aliphatic rings. The van der Waals surface area contributed by atoms with Crippen LogP contribution in [-0.2, 0) is 6.42 Å². The maximum absolute atomic E-state index is 13.6. The Hall–Kier alpha value is -4.12.